The van der Waals surface area contributed by atoms with E-state index in [1.807, 2.05) is 48.5 Å². The van der Waals surface area contributed by atoms with Gasteiger partial charge in [-0.3, -0.25) is 4.90 Å². The van der Waals surface area contributed by atoms with Crippen LogP contribution < -0.4 is 31.2 Å². The molecule has 168 valence electrons. The molecular weight excluding hydrogens is 410 g/mol. The second kappa shape index (κ2) is 9.78. The summed E-state index contributed by atoms with van der Waals surface area (Å²) in [5.74, 6) is 1.71. The number of anilines is 4. The highest BCUT2D eigenvalue weighted by atomic mass is 16.5. The van der Waals surface area contributed by atoms with Crippen molar-refractivity contribution in [1.29, 1.82) is 0 Å². The average molecular weight is 438 g/mol. The summed E-state index contributed by atoms with van der Waals surface area (Å²) in [5.41, 5.74) is 14.8. The van der Waals surface area contributed by atoms with Gasteiger partial charge in [-0.15, -0.1) is 0 Å². The van der Waals surface area contributed by atoms with E-state index >= 15 is 0 Å². The lowest BCUT2D eigenvalue weighted by Gasteiger charge is -2.24. The Kier molecular flexibility index (Phi) is 6.89. The topological polar surface area (TPSA) is 136 Å². The fraction of sp³-hybridized carbons (Fsp3) is 0.217. The number of hydrogen-bond donors (Lipinski definition) is 4. The van der Waals surface area contributed by atoms with E-state index in [1.54, 1.807) is 27.2 Å². The zero-order chi connectivity index (χ0) is 23.3. The van der Waals surface area contributed by atoms with Gasteiger partial charge in [0.1, 0.15) is 17.3 Å². The minimum absolute atomic E-state index is 0.0490. The Balaban J connectivity index is 2.07. The van der Waals surface area contributed by atoms with Crippen molar-refractivity contribution in [3.8, 4) is 11.5 Å². The largest absolute Gasteiger partial charge is 0.497 e. The van der Waals surface area contributed by atoms with Crippen LogP contribution in [0.3, 0.4) is 0 Å². The van der Waals surface area contributed by atoms with Crippen LogP contribution in [0.15, 0.2) is 54.6 Å². The number of nitrogens with zero attached hydrogens (tertiary/aromatic N) is 2. The molecule has 0 aliphatic carbocycles. The molecular formula is C23H27N5O4. The maximum absolute atomic E-state index is 11.6. The molecule has 0 radical (unpaired) electrons. The summed E-state index contributed by atoms with van der Waals surface area (Å²) in [6.45, 7) is 1.93. The van der Waals surface area contributed by atoms with Crippen LogP contribution in [0.25, 0.3) is 0 Å². The number of nitrogens with two attached hydrogens (primary N) is 2. The summed E-state index contributed by atoms with van der Waals surface area (Å²) < 4.78 is 10.5. The first-order valence-electron chi connectivity index (χ1n) is 9.98. The molecule has 32 heavy (non-hydrogen) atoms. The number of ether oxygens (including phenoxy) is 2. The van der Waals surface area contributed by atoms with Gasteiger partial charge in [-0.1, -0.05) is 24.3 Å². The number of carbonyl (C=O) groups is 1. The molecule has 0 fully saturated rings. The Bertz CT molecular complexity index is 1020. The van der Waals surface area contributed by atoms with Gasteiger partial charge in [0, 0.05) is 12.6 Å². The van der Waals surface area contributed by atoms with E-state index in [-0.39, 0.29) is 29.9 Å². The fourth-order valence-corrected chi connectivity index (χ4v) is 3.32. The third-order valence-corrected chi connectivity index (χ3v) is 5.10. The molecule has 0 aliphatic heterocycles. The Hall–Kier alpha value is -4.14. The van der Waals surface area contributed by atoms with Crippen LogP contribution in [0, 0.1) is 0 Å². The predicted molar refractivity (Wildman–Crippen MR) is 126 cm³/mol. The van der Waals surface area contributed by atoms with Crippen molar-refractivity contribution in [3.63, 3.8) is 0 Å². The molecule has 3 aromatic rings. The highest BCUT2D eigenvalue weighted by Gasteiger charge is 2.21. The molecule has 0 saturated heterocycles. The minimum atomic E-state index is -1.13. The second-order valence-electron chi connectivity index (χ2n) is 6.98. The maximum atomic E-state index is 11.6. The molecule has 9 nitrogen and oxygen atoms in total. The van der Waals surface area contributed by atoms with Gasteiger partial charge in [0.15, 0.2) is 5.82 Å². The second-order valence-corrected chi connectivity index (χ2v) is 6.98. The number of nitrogens with one attached hydrogen (secondary N) is 1. The van der Waals surface area contributed by atoms with Crippen LogP contribution >= 0.6 is 0 Å². The normalized spacial score (nSPS) is 10.6. The van der Waals surface area contributed by atoms with Crippen molar-refractivity contribution < 1.29 is 19.4 Å². The predicted octanol–water partition coefficient (Wildman–Crippen LogP) is 3.97. The number of nitrogen functional groups attached to an aromatic ring is 2. The lowest BCUT2D eigenvalue weighted by atomic mass is 9.98. The van der Waals surface area contributed by atoms with Crippen molar-refractivity contribution in [2.75, 3.05) is 42.4 Å². The van der Waals surface area contributed by atoms with Crippen LogP contribution in [0.5, 0.6) is 11.5 Å². The minimum Gasteiger partial charge on any atom is -0.497 e. The molecule has 0 saturated carbocycles. The summed E-state index contributed by atoms with van der Waals surface area (Å²) in [4.78, 5) is 16.8. The monoisotopic (exact) mass is 437 g/mol. The molecule has 3 rings (SSSR count). The van der Waals surface area contributed by atoms with Gasteiger partial charge in [0.2, 0.25) is 0 Å². The number of methoxy groups -OCH3 is 2. The van der Waals surface area contributed by atoms with E-state index in [0.717, 1.165) is 27.5 Å². The van der Waals surface area contributed by atoms with E-state index in [4.69, 9.17) is 20.9 Å². The number of pyridine rings is 1. The Morgan fingerprint density at radius 3 is 1.94 bits per heavy atom. The van der Waals surface area contributed by atoms with Gasteiger partial charge in [-0.2, -0.15) is 0 Å². The number of benzene rings is 2. The van der Waals surface area contributed by atoms with Crippen LogP contribution in [-0.2, 0) is 0 Å². The standard InChI is InChI=1S/C23H27N5O4/c1-4-28(23(29)30)19-13-18(20(24)22(25)27-19)26-21(14-5-9-16(31-2)10-6-14)15-7-11-17(32-3)12-8-15/h5-13,21H,4,24H2,1-3H3,(H,29,30)(H3,25,26,27). The zero-order valence-corrected chi connectivity index (χ0v) is 18.2. The Labute approximate surface area is 186 Å². The van der Waals surface area contributed by atoms with Crippen LogP contribution in [0.2, 0.25) is 0 Å². The Morgan fingerprint density at radius 1 is 1.03 bits per heavy atom. The van der Waals surface area contributed by atoms with E-state index < -0.39 is 6.09 Å². The highest BCUT2D eigenvalue weighted by molar-refractivity contribution is 5.88. The lowest BCUT2D eigenvalue weighted by Crippen LogP contribution is -2.30. The van der Waals surface area contributed by atoms with Crippen molar-refractivity contribution >= 4 is 29.1 Å². The van der Waals surface area contributed by atoms with Crippen molar-refractivity contribution in [3.05, 3.63) is 65.7 Å². The molecule has 0 spiro atoms. The molecule has 0 aliphatic rings. The van der Waals surface area contributed by atoms with E-state index in [0.29, 0.717) is 5.69 Å². The van der Waals surface area contributed by atoms with Gasteiger partial charge >= 0.3 is 6.09 Å². The first-order chi connectivity index (χ1) is 15.4. The molecule has 2 aromatic carbocycles. The Morgan fingerprint density at radius 2 is 1.53 bits per heavy atom. The lowest BCUT2D eigenvalue weighted by molar-refractivity contribution is 0.202. The molecule has 0 bridgehead atoms. The van der Waals surface area contributed by atoms with Crippen LogP contribution in [0.1, 0.15) is 24.1 Å². The number of hydrogen-bond acceptors (Lipinski definition) is 7. The van der Waals surface area contributed by atoms with Gasteiger partial charge in [-0.25, -0.2) is 9.78 Å². The van der Waals surface area contributed by atoms with E-state index in [2.05, 4.69) is 10.3 Å². The molecule has 0 unspecified atom stereocenters. The summed E-state index contributed by atoms with van der Waals surface area (Å²) in [5, 5.41) is 12.9. The van der Waals surface area contributed by atoms with Crippen molar-refractivity contribution in [1.82, 2.24) is 4.98 Å². The summed E-state index contributed by atoms with van der Waals surface area (Å²) in [6, 6.07) is 16.5. The van der Waals surface area contributed by atoms with Crippen LogP contribution in [-0.4, -0.2) is 36.9 Å². The molecule has 0 atom stereocenters. The highest BCUT2D eigenvalue weighted by Crippen LogP contribution is 2.35. The summed E-state index contributed by atoms with van der Waals surface area (Å²) in [7, 11) is 3.22. The van der Waals surface area contributed by atoms with Gasteiger partial charge in [0.25, 0.3) is 0 Å². The van der Waals surface area contributed by atoms with Crippen molar-refractivity contribution in [2.24, 2.45) is 0 Å². The first kappa shape index (κ1) is 22.5. The molecule has 6 N–H and O–H groups in total. The third kappa shape index (κ3) is 4.77. The third-order valence-electron chi connectivity index (χ3n) is 5.10. The smallest absolute Gasteiger partial charge is 0.413 e. The summed E-state index contributed by atoms with van der Waals surface area (Å²) >= 11 is 0. The molecule has 9 heteroatoms. The molecule has 1 aromatic heterocycles. The maximum Gasteiger partial charge on any atom is 0.413 e. The number of aromatic nitrogens is 1. The number of amides is 1. The number of carboxylic acid groups (broad SMARTS) is 1. The first-order valence-corrected chi connectivity index (χ1v) is 9.98. The quantitative estimate of drug-likeness (QED) is 0.416. The van der Waals surface area contributed by atoms with Gasteiger partial charge in [-0.05, 0) is 42.3 Å². The average Bonchev–Trinajstić information content (AvgIpc) is 2.80. The number of rotatable bonds is 8. The van der Waals surface area contributed by atoms with Gasteiger partial charge < -0.3 is 31.4 Å². The molecule has 1 amide bonds. The van der Waals surface area contributed by atoms with Crippen LogP contribution in [0.4, 0.5) is 27.8 Å². The van der Waals surface area contributed by atoms with E-state index in [1.165, 1.54) is 0 Å². The molecule has 1 heterocycles. The summed E-state index contributed by atoms with van der Waals surface area (Å²) in [6.07, 6.45) is -1.13. The van der Waals surface area contributed by atoms with E-state index in [9.17, 15) is 9.90 Å². The fourth-order valence-electron chi connectivity index (χ4n) is 3.32. The van der Waals surface area contributed by atoms with Crippen molar-refractivity contribution in [2.45, 2.75) is 13.0 Å². The SMILES string of the molecule is CCN(C(=O)O)c1cc(NC(c2ccc(OC)cc2)c2ccc(OC)cc2)c(N)c(N)n1. The zero-order valence-electron chi connectivity index (χ0n) is 18.2. The van der Waals surface area contributed by atoms with Gasteiger partial charge in [0.05, 0.1) is 31.6 Å².